The van der Waals surface area contributed by atoms with E-state index >= 15 is 0 Å². The van der Waals surface area contributed by atoms with E-state index in [9.17, 15) is 4.79 Å². The van der Waals surface area contributed by atoms with Crippen molar-refractivity contribution >= 4 is 61.5 Å². The molecular weight excluding hydrogens is 609 g/mol. The standard InChI is InChI=1S/C27H16BrCl2N5O2S/c1-37-22-10-7-15(11-20(22)28)24-16(14-34(32-24)18-5-3-2-4-6-18)12-23-26(36)35-27(38-23)31-25(33-35)19-9-8-17(29)13-21(19)30/h2-14H,1H3. The number of rotatable bonds is 5. The summed E-state index contributed by atoms with van der Waals surface area (Å²) in [4.78, 5) is 18.3. The molecule has 0 bridgehead atoms. The van der Waals surface area contributed by atoms with Gasteiger partial charge in [-0.25, -0.2) is 4.68 Å². The molecule has 0 spiro atoms. The van der Waals surface area contributed by atoms with Crippen molar-refractivity contribution in [3.05, 3.63) is 108 Å². The van der Waals surface area contributed by atoms with Crippen molar-refractivity contribution in [2.75, 3.05) is 7.11 Å². The first-order chi connectivity index (χ1) is 18.4. The van der Waals surface area contributed by atoms with Crippen LogP contribution in [0.4, 0.5) is 0 Å². The van der Waals surface area contributed by atoms with E-state index in [0.29, 0.717) is 42.4 Å². The first-order valence-corrected chi connectivity index (χ1v) is 13.6. The minimum atomic E-state index is -0.275. The van der Waals surface area contributed by atoms with E-state index in [1.807, 2.05) is 60.8 Å². The van der Waals surface area contributed by atoms with Crippen molar-refractivity contribution in [3.63, 3.8) is 0 Å². The molecule has 0 aliphatic rings. The monoisotopic (exact) mass is 623 g/mol. The van der Waals surface area contributed by atoms with Crippen molar-refractivity contribution in [1.82, 2.24) is 24.4 Å². The zero-order chi connectivity index (χ0) is 26.4. The first-order valence-electron chi connectivity index (χ1n) is 11.3. The topological polar surface area (TPSA) is 74.3 Å². The largest absolute Gasteiger partial charge is 0.496 e. The summed E-state index contributed by atoms with van der Waals surface area (Å²) in [5, 5.41) is 10.2. The molecule has 0 radical (unpaired) electrons. The van der Waals surface area contributed by atoms with Crippen LogP contribution in [0.1, 0.15) is 5.56 Å². The van der Waals surface area contributed by atoms with Crippen molar-refractivity contribution in [3.8, 4) is 34.1 Å². The Bertz CT molecular complexity index is 1930. The summed E-state index contributed by atoms with van der Waals surface area (Å²) in [5.74, 6) is 1.08. The van der Waals surface area contributed by atoms with Gasteiger partial charge in [0.15, 0.2) is 5.82 Å². The molecule has 0 amide bonds. The maximum atomic E-state index is 13.3. The van der Waals surface area contributed by atoms with Gasteiger partial charge in [-0.2, -0.15) is 14.6 Å². The SMILES string of the molecule is COc1ccc(-c2nn(-c3ccccc3)cc2C=c2sc3nc(-c4ccc(Cl)cc4Cl)nn3c2=O)cc1Br. The first kappa shape index (κ1) is 24.8. The Kier molecular flexibility index (Phi) is 6.53. The molecule has 0 unspecified atom stereocenters. The number of fused-ring (bicyclic) bond motifs is 1. The van der Waals surface area contributed by atoms with Crippen molar-refractivity contribution in [2.45, 2.75) is 0 Å². The maximum absolute atomic E-state index is 13.3. The Morgan fingerprint density at radius 2 is 1.84 bits per heavy atom. The Labute approximate surface area is 238 Å². The molecular formula is C27H16BrCl2N5O2S. The van der Waals surface area contributed by atoms with E-state index in [0.717, 1.165) is 21.3 Å². The molecule has 0 saturated heterocycles. The average Bonchev–Trinajstić information content (AvgIpc) is 3.60. The molecule has 0 aliphatic carbocycles. The highest BCUT2D eigenvalue weighted by molar-refractivity contribution is 9.10. The number of benzene rings is 3. The van der Waals surface area contributed by atoms with Crippen LogP contribution in [-0.2, 0) is 0 Å². The molecule has 3 heterocycles. The van der Waals surface area contributed by atoms with E-state index in [1.54, 1.807) is 30.0 Å². The third kappa shape index (κ3) is 4.52. The molecule has 38 heavy (non-hydrogen) atoms. The molecule has 0 fully saturated rings. The lowest BCUT2D eigenvalue weighted by molar-refractivity contribution is 0.412. The third-order valence-corrected chi connectivity index (χ3v) is 7.96. The van der Waals surface area contributed by atoms with Gasteiger partial charge in [-0.1, -0.05) is 52.7 Å². The normalized spacial score (nSPS) is 11.9. The number of hydrogen-bond acceptors (Lipinski definition) is 6. The number of halogens is 3. The number of methoxy groups -OCH3 is 1. The molecule has 7 nitrogen and oxygen atoms in total. The van der Waals surface area contributed by atoms with Gasteiger partial charge in [0.05, 0.1) is 26.8 Å². The number of ether oxygens (including phenoxy) is 1. The van der Waals surface area contributed by atoms with Gasteiger partial charge in [-0.3, -0.25) is 4.79 Å². The second-order valence-electron chi connectivity index (χ2n) is 8.23. The second-order valence-corrected chi connectivity index (χ2v) is 10.9. The fourth-order valence-corrected chi connectivity index (χ4v) is 5.94. The number of para-hydroxylation sites is 1. The summed E-state index contributed by atoms with van der Waals surface area (Å²) in [5.41, 5.74) is 3.58. The molecule has 0 aliphatic heterocycles. The van der Waals surface area contributed by atoms with Crippen LogP contribution in [0.3, 0.4) is 0 Å². The molecule has 6 rings (SSSR count). The van der Waals surface area contributed by atoms with Crippen molar-refractivity contribution < 1.29 is 4.74 Å². The van der Waals surface area contributed by atoms with Crippen LogP contribution >= 0.6 is 50.5 Å². The van der Waals surface area contributed by atoms with Gasteiger partial charge >= 0.3 is 0 Å². The van der Waals surface area contributed by atoms with Gasteiger partial charge in [0.1, 0.15) is 11.4 Å². The quantitative estimate of drug-likeness (QED) is 0.225. The number of aromatic nitrogens is 5. The lowest BCUT2D eigenvalue weighted by Crippen LogP contribution is -2.23. The van der Waals surface area contributed by atoms with E-state index in [-0.39, 0.29) is 5.56 Å². The van der Waals surface area contributed by atoms with Crippen molar-refractivity contribution in [2.24, 2.45) is 0 Å². The Morgan fingerprint density at radius 1 is 1.03 bits per heavy atom. The Hall–Kier alpha value is -3.50. The summed E-state index contributed by atoms with van der Waals surface area (Å²) in [6.45, 7) is 0. The van der Waals surface area contributed by atoms with Crippen LogP contribution in [0, 0.1) is 0 Å². The fourth-order valence-electron chi connectivity index (χ4n) is 4.00. The van der Waals surface area contributed by atoms with Crippen molar-refractivity contribution in [1.29, 1.82) is 0 Å². The molecule has 3 aromatic carbocycles. The lowest BCUT2D eigenvalue weighted by Gasteiger charge is -2.05. The highest BCUT2D eigenvalue weighted by atomic mass is 79.9. The van der Waals surface area contributed by atoms with E-state index in [1.165, 1.54) is 15.9 Å². The van der Waals surface area contributed by atoms with Crippen LogP contribution in [0.25, 0.3) is 39.4 Å². The minimum Gasteiger partial charge on any atom is -0.496 e. The average molecular weight is 625 g/mol. The van der Waals surface area contributed by atoms with Crippen LogP contribution < -0.4 is 14.8 Å². The van der Waals surface area contributed by atoms with Gasteiger partial charge in [0.25, 0.3) is 5.56 Å². The molecule has 188 valence electrons. The summed E-state index contributed by atoms with van der Waals surface area (Å²) < 4.78 is 9.75. The van der Waals surface area contributed by atoms with Crippen LogP contribution in [-0.4, -0.2) is 31.5 Å². The Morgan fingerprint density at radius 3 is 2.55 bits per heavy atom. The fraction of sp³-hybridized carbons (Fsp3) is 0.0370. The Balaban J connectivity index is 1.49. The van der Waals surface area contributed by atoms with E-state index in [4.69, 9.17) is 33.0 Å². The number of thiazole rings is 1. The molecule has 11 heteroatoms. The molecule has 0 N–H and O–H groups in total. The second kappa shape index (κ2) is 9.99. The predicted molar refractivity (Wildman–Crippen MR) is 155 cm³/mol. The zero-order valence-electron chi connectivity index (χ0n) is 19.6. The summed E-state index contributed by atoms with van der Waals surface area (Å²) in [7, 11) is 1.62. The van der Waals surface area contributed by atoms with Crippen LogP contribution in [0.15, 0.2) is 82.2 Å². The zero-order valence-corrected chi connectivity index (χ0v) is 23.5. The minimum absolute atomic E-state index is 0.275. The van der Waals surface area contributed by atoms with E-state index in [2.05, 4.69) is 26.0 Å². The van der Waals surface area contributed by atoms with Gasteiger partial charge < -0.3 is 4.74 Å². The highest BCUT2D eigenvalue weighted by Crippen LogP contribution is 2.32. The molecule has 3 aromatic heterocycles. The highest BCUT2D eigenvalue weighted by Gasteiger charge is 2.17. The molecule has 0 atom stereocenters. The molecule has 6 aromatic rings. The number of nitrogens with zero attached hydrogens (tertiary/aromatic N) is 5. The third-order valence-electron chi connectivity index (χ3n) is 5.83. The van der Waals surface area contributed by atoms with Crippen LogP contribution in [0.5, 0.6) is 5.75 Å². The predicted octanol–water partition coefficient (Wildman–Crippen LogP) is 6.30. The smallest absolute Gasteiger partial charge is 0.291 e. The van der Waals surface area contributed by atoms with E-state index < -0.39 is 0 Å². The summed E-state index contributed by atoms with van der Waals surface area (Å²) in [6, 6.07) is 20.6. The van der Waals surface area contributed by atoms with Gasteiger partial charge in [-0.15, -0.1) is 5.10 Å². The summed E-state index contributed by atoms with van der Waals surface area (Å²) in [6.07, 6.45) is 3.72. The van der Waals surface area contributed by atoms with Crippen LogP contribution in [0.2, 0.25) is 10.0 Å². The maximum Gasteiger partial charge on any atom is 0.291 e. The summed E-state index contributed by atoms with van der Waals surface area (Å²) >= 11 is 17.1. The van der Waals surface area contributed by atoms with Gasteiger partial charge in [0, 0.05) is 27.9 Å². The number of hydrogen-bond donors (Lipinski definition) is 0. The molecule has 0 saturated carbocycles. The van der Waals surface area contributed by atoms with Gasteiger partial charge in [0.2, 0.25) is 4.96 Å². The lowest BCUT2D eigenvalue weighted by atomic mass is 10.1. The van der Waals surface area contributed by atoms with Gasteiger partial charge in [-0.05, 0) is 70.5 Å².